The molecule has 3 rings (SSSR count). The van der Waals surface area contributed by atoms with Gasteiger partial charge in [0, 0.05) is 32.1 Å². The van der Waals surface area contributed by atoms with Crippen LogP contribution in [-0.4, -0.2) is 21.7 Å². The van der Waals surface area contributed by atoms with Crippen LogP contribution < -0.4 is 0 Å². The summed E-state index contributed by atoms with van der Waals surface area (Å²) < 4.78 is 6.01. The number of thiophene rings is 1. The summed E-state index contributed by atoms with van der Waals surface area (Å²) in [5.74, 6) is -1.03. The van der Waals surface area contributed by atoms with Crippen LogP contribution in [0, 0.1) is 27.7 Å². The lowest BCUT2D eigenvalue weighted by atomic mass is 9.90. The van der Waals surface area contributed by atoms with Gasteiger partial charge >= 0.3 is 5.97 Å². The lowest BCUT2D eigenvalue weighted by Crippen LogP contribution is -2.28. The molecule has 0 amide bonds. The van der Waals surface area contributed by atoms with Crippen molar-refractivity contribution < 1.29 is 14.6 Å². The molecule has 0 aliphatic heterocycles. The van der Waals surface area contributed by atoms with Crippen molar-refractivity contribution in [2.45, 2.75) is 60.2 Å². The average molecular weight is 432 g/mol. The van der Waals surface area contributed by atoms with Crippen LogP contribution in [0.15, 0.2) is 18.2 Å². The van der Waals surface area contributed by atoms with Gasteiger partial charge in [-0.25, -0.2) is 9.78 Å². The molecule has 0 saturated carbocycles. The zero-order valence-corrected chi connectivity index (χ0v) is 19.4. The smallest absolute Gasteiger partial charge is 0.337 e. The van der Waals surface area contributed by atoms with Gasteiger partial charge in [-0.3, -0.25) is 0 Å². The van der Waals surface area contributed by atoms with Gasteiger partial charge in [-0.1, -0.05) is 11.6 Å². The van der Waals surface area contributed by atoms with Gasteiger partial charge in [0.2, 0.25) is 0 Å². The summed E-state index contributed by atoms with van der Waals surface area (Å²) in [6, 6.07) is 6.09. The van der Waals surface area contributed by atoms with Crippen LogP contribution in [0.3, 0.4) is 0 Å². The average Bonchev–Trinajstić information content (AvgIpc) is 2.94. The molecule has 1 aromatic carbocycles. The summed E-state index contributed by atoms with van der Waals surface area (Å²) in [6.07, 6.45) is -1.13. The molecule has 0 aliphatic carbocycles. The van der Waals surface area contributed by atoms with Crippen LogP contribution in [0.4, 0.5) is 0 Å². The van der Waals surface area contributed by atoms with Gasteiger partial charge in [-0.05, 0) is 83.4 Å². The number of carbonyl (C=O) groups is 1. The van der Waals surface area contributed by atoms with Crippen LogP contribution in [-0.2, 0) is 9.53 Å². The number of pyridine rings is 1. The zero-order valence-electron chi connectivity index (χ0n) is 17.8. The molecule has 2 aromatic heterocycles. The second kappa shape index (κ2) is 7.71. The molecule has 1 N–H and O–H groups in total. The van der Waals surface area contributed by atoms with Crippen LogP contribution in [0.2, 0.25) is 5.02 Å². The molecular formula is C23H26ClNO3S. The molecule has 0 spiro atoms. The van der Waals surface area contributed by atoms with E-state index in [9.17, 15) is 9.90 Å². The molecule has 0 unspecified atom stereocenters. The first-order valence-electron chi connectivity index (χ1n) is 9.47. The van der Waals surface area contributed by atoms with Crippen LogP contribution in [0.25, 0.3) is 21.3 Å². The maximum atomic E-state index is 12.3. The van der Waals surface area contributed by atoms with Gasteiger partial charge in [0.1, 0.15) is 4.83 Å². The molecule has 3 aromatic rings. The number of fused-ring (bicyclic) bond motifs is 1. The van der Waals surface area contributed by atoms with Crippen molar-refractivity contribution in [2.75, 3.05) is 0 Å². The quantitative estimate of drug-likeness (QED) is 0.493. The number of nitrogens with zero attached hydrogens (tertiary/aromatic N) is 1. The van der Waals surface area contributed by atoms with E-state index in [0.29, 0.717) is 11.3 Å². The van der Waals surface area contributed by atoms with Crippen molar-refractivity contribution in [1.29, 1.82) is 0 Å². The molecule has 1 atom stereocenters. The Balaban J connectivity index is 2.43. The molecule has 6 heteroatoms. The Morgan fingerprint density at radius 1 is 1.14 bits per heavy atom. The first kappa shape index (κ1) is 21.8. The zero-order chi connectivity index (χ0) is 21.7. The first-order chi connectivity index (χ1) is 13.4. The molecule has 2 heterocycles. The third kappa shape index (κ3) is 4.32. The van der Waals surface area contributed by atoms with Crippen molar-refractivity contribution in [3.8, 4) is 11.1 Å². The number of aromatic nitrogens is 1. The van der Waals surface area contributed by atoms with Gasteiger partial charge < -0.3 is 9.84 Å². The van der Waals surface area contributed by atoms with Gasteiger partial charge in [0.05, 0.1) is 5.60 Å². The number of hydrogen-bond acceptors (Lipinski definition) is 4. The third-order valence-corrected chi connectivity index (χ3v) is 6.26. The maximum absolute atomic E-state index is 12.3. The lowest BCUT2D eigenvalue weighted by Gasteiger charge is -2.28. The van der Waals surface area contributed by atoms with Crippen molar-refractivity contribution >= 4 is 39.1 Å². The molecule has 0 fully saturated rings. The predicted octanol–water partition coefficient (Wildman–Crippen LogP) is 6.79. The van der Waals surface area contributed by atoms with E-state index in [4.69, 9.17) is 21.3 Å². The van der Waals surface area contributed by atoms with Gasteiger partial charge in [-0.2, -0.15) is 0 Å². The van der Waals surface area contributed by atoms with Crippen molar-refractivity contribution in [3.05, 3.63) is 50.5 Å². The normalized spacial score (nSPS) is 13.1. The van der Waals surface area contributed by atoms with Crippen molar-refractivity contribution in [3.63, 3.8) is 0 Å². The monoisotopic (exact) mass is 431 g/mol. The Kier molecular flexibility index (Phi) is 5.78. The highest BCUT2D eigenvalue weighted by molar-refractivity contribution is 7.18. The van der Waals surface area contributed by atoms with Crippen molar-refractivity contribution in [1.82, 2.24) is 4.98 Å². The number of hydrogen-bond donors (Lipinski definition) is 1. The van der Waals surface area contributed by atoms with E-state index >= 15 is 0 Å². The number of ether oxygens (including phenoxy) is 1. The van der Waals surface area contributed by atoms with E-state index in [-0.39, 0.29) is 0 Å². The van der Waals surface area contributed by atoms with Gasteiger partial charge in [0.15, 0.2) is 6.10 Å². The highest BCUT2D eigenvalue weighted by Crippen LogP contribution is 2.42. The summed E-state index contributed by atoms with van der Waals surface area (Å²) in [5, 5.41) is 11.7. The highest BCUT2D eigenvalue weighted by Gasteiger charge is 2.32. The number of rotatable bonds is 4. The van der Waals surface area contributed by atoms with E-state index in [1.165, 1.54) is 0 Å². The third-order valence-electron chi connectivity index (χ3n) is 4.72. The number of carboxylic acid groups (broad SMARTS) is 1. The summed E-state index contributed by atoms with van der Waals surface area (Å²) in [7, 11) is 0. The SMILES string of the molecule is Cc1cc2c(-c3cc(C)c(Cl)c(C)c3)c([C@H](OC(C)(C)C)C(=O)O)c(C)nc2s1. The van der Waals surface area contributed by atoms with E-state index in [1.54, 1.807) is 11.3 Å². The Labute approximate surface area is 180 Å². The number of halogens is 1. The fourth-order valence-electron chi connectivity index (χ4n) is 3.61. The molecule has 154 valence electrons. The van der Waals surface area contributed by atoms with Gasteiger partial charge in [0.25, 0.3) is 0 Å². The Bertz CT molecular complexity index is 1090. The number of carboxylic acids is 1. The molecular weight excluding hydrogens is 406 g/mol. The van der Waals surface area contributed by atoms with E-state index in [1.807, 2.05) is 60.6 Å². The minimum absolute atomic E-state index is 0.596. The Morgan fingerprint density at radius 2 is 1.72 bits per heavy atom. The predicted molar refractivity (Wildman–Crippen MR) is 120 cm³/mol. The molecule has 0 saturated heterocycles. The van der Waals surface area contributed by atoms with Gasteiger partial charge in [-0.15, -0.1) is 11.3 Å². The Hall–Kier alpha value is -1.95. The molecule has 0 bridgehead atoms. The number of aliphatic carboxylic acids is 1. The molecule has 0 radical (unpaired) electrons. The maximum Gasteiger partial charge on any atom is 0.337 e. The minimum Gasteiger partial charge on any atom is -0.479 e. The topological polar surface area (TPSA) is 59.4 Å². The lowest BCUT2D eigenvalue weighted by molar-refractivity contribution is -0.160. The summed E-state index contributed by atoms with van der Waals surface area (Å²) >= 11 is 8.00. The minimum atomic E-state index is -1.13. The Morgan fingerprint density at radius 3 is 2.24 bits per heavy atom. The van der Waals surface area contributed by atoms with Crippen LogP contribution >= 0.6 is 22.9 Å². The molecule has 0 aliphatic rings. The highest BCUT2D eigenvalue weighted by atomic mass is 35.5. The summed E-state index contributed by atoms with van der Waals surface area (Å²) in [4.78, 5) is 19.0. The van der Waals surface area contributed by atoms with E-state index in [2.05, 4.69) is 6.07 Å². The number of aryl methyl sites for hydroxylation is 4. The second-order valence-electron chi connectivity index (χ2n) is 8.43. The molecule has 4 nitrogen and oxygen atoms in total. The van der Waals surface area contributed by atoms with E-state index < -0.39 is 17.7 Å². The second-order valence-corrected chi connectivity index (χ2v) is 10.0. The first-order valence-corrected chi connectivity index (χ1v) is 10.7. The standard InChI is InChI=1S/C23H26ClNO3S/c1-11-8-15(9-12(2)19(11)24)18-16-10-13(3)29-21(16)25-14(4)17(18)20(22(26)27)28-23(5,6)7/h8-10,20H,1-7H3,(H,26,27)/t20-/m0/s1. The van der Waals surface area contributed by atoms with E-state index in [0.717, 1.165) is 42.4 Å². The largest absolute Gasteiger partial charge is 0.479 e. The summed E-state index contributed by atoms with van der Waals surface area (Å²) in [5.41, 5.74) is 4.32. The fraction of sp³-hybridized carbons (Fsp3) is 0.391. The fourth-order valence-corrected chi connectivity index (χ4v) is 4.66. The number of benzene rings is 1. The molecule has 29 heavy (non-hydrogen) atoms. The summed E-state index contributed by atoms with van der Waals surface area (Å²) in [6.45, 7) is 13.4. The van der Waals surface area contributed by atoms with Crippen molar-refractivity contribution in [2.24, 2.45) is 0 Å². The van der Waals surface area contributed by atoms with Crippen LogP contribution in [0.5, 0.6) is 0 Å². The van der Waals surface area contributed by atoms with Crippen LogP contribution in [0.1, 0.15) is 54.1 Å².